The van der Waals surface area contributed by atoms with Gasteiger partial charge in [-0.1, -0.05) is 87.5 Å². The summed E-state index contributed by atoms with van der Waals surface area (Å²) in [6, 6.07) is 26.9. The molecule has 0 radical (unpaired) electrons. The maximum absolute atomic E-state index is 4.90. The van der Waals surface area contributed by atoms with Crippen LogP contribution in [0.1, 0.15) is 26.3 Å². The van der Waals surface area contributed by atoms with Crippen LogP contribution in [0.3, 0.4) is 0 Å². The Hall–Kier alpha value is -3.53. The Morgan fingerprint density at radius 3 is 2.10 bits per heavy atom. The first-order chi connectivity index (χ1) is 14.0. The van der Waals surface area contributed by atoms with Crippen molar-refractivity contribution in [2.45, 2.75) is 26.2 Å². The van der Waals surface area contributed by atoms with Crippen molar-refractivity contribution in [1.82, 2.24) is 19.6 Å². The lowest BCUT2D eigenvalue weighted by molar-refractivity contribution is 0.590. The van der Waals surface area contributed by atoms with Crippen molar-refractivity contribution in [3.8, 4) is 22.6 Å². The van der Waals surface area contributed by atoms with Crippen LogP contribution in [-0.2, 0) is 5.41 Å². The van der Waals surface area contributed by atoms with Gasteiger partial charge in [-0.25, -0.2) is 4.98 Å². The highest BCUT2D eigenvalue weighted by atomic mass is 15.3. The average molecular weight is 378 g/mol. The molecule has 5 rings (SSSR count). The molecule has 0 unspecified atom stereocenters. The SMILES string of the molecule is CC(C)(C)c1ccc(-c2nnc3c(-c4ccccc4)nc4ccccc4n23)cc1. The molecular weight excluding hydrogens is 356 g/mol. The lowest BCUT2D eigenvalue weighted by atomic mass is 9.87. The first-order valence-corrected chi connectivity index (χ1v) is 9.82. The minimum atomic E-state index is 0.114. The third kappa shape index (κ3) is 2.97. The van der Waals surface area contributed by atoms with E-state index >= 15 is 0 Å². The molecule has 0 aliphatic carbocycles. The summed E-state index contributed by atoms with van der Waals surface area (Å²) in [7, 11) is 0. The molecule has 0 aliphatic heterocycles. The minimum absolute atomic E-state index is 0.114. The summed E-state index contributed by atoms with van der Waals surface area (Å²) in [5.74, 6) is 0.830. The van der Waals surface area contributed by atoms with E-state index in [1.165, 1.54) is 5.56 Å². The van der Waals surface area contributed by atoms with Crippen molar-refractivity contribution in [2.75, 3.05) is 0 Å². The molecule has 2 heterocycles. The van der Waals surface area contributed by atoms with Gasteiger partial charge in [0.15, 0.2) is 11.5 Å². The largest absolute Gasteiger partial charge is 0.271 e. The molecule has 0 atom stereocenters. The molecule has 0 aliphatic rings. The number of hydrogen-bond donors (Lipinski definition) is 0. The van der Waals surface area contributed by atoms with Crippen LogP contribution in [0.15, 0.2) is 78.9 Å². The first-order valence-electron chi connectivity index (χ1n) is 9.82. The number of hydrogen-bond acceptors (Lipinski definition) is 3. The van der Waals surface area contributed by atoms with Crippen LogP contribution >= 0.6 is 0 Å². The molecule has 0 N–H and O–H groups in total. The van der Waals surface area contributed by atoms with Crippen molar-refractivity contribution in [3.05, 3.63) is 84.4 Å². The Morgan fingerprint density at radius 2 is 1.38 bits per heavy atom. The summed E-state index contributed by atoms with van der Waals surface area (Å²) in [5, 5.41) is 9.11. The van der Waals surface area contributed by atoms with E-state index in [1.54, 1.807) is 0 Å². The summed E-state index contributed by atoms with van der Waals surface area (Å²) in [5.41, 5.74) is 7.02. The van der Waals surface area contributed by atoms with Gasteiger partial charge in [0.2, 0.25) is 0 Å². The van der Waals surface area contributed by atoms with Gasteiger partial charge < -0.3 is 0 Å². The zero-order chi connectivity index (χ0) is 20.0. The van der Waals surface area contributed by atoms with Gasteiger partial charge in [0.05, 0.1) is 11.0 Å². The second-order valence-corrected chi connectivity index (χ2v) is 8.33. The monoisotopic (exact) mass is 378 g/mol. The molecule has 4 nitrogen and oxygen atoms in total. The van der Waals surface area contributed by atoms with E-state index in [4.69, 9.17) is 4.98 Å². The fourth-order valence-corrected chi connectivity index (χ4v) is 3.68. The van der Waals surface area contributed by atoms with Gasteiger partial charge in [0.25, 0.3) is 0 Å². The zero-order valence-corrected chi connectivity index (χ0v) is 16.8. The Kier molecular flexibility index (Phi) is 3.95. The van der Waals surface area contributed by atoms with Gasteiger partial charge in [0.1, 0.15) is 5.69 Å². The van der Waals surface area contributed by atoms with Crippen LogP contribution in [0, 0.1) is 0 Å². The van der Waals surface area contributed by atoms with Gasteiger partial charge in [0, 0.05) is 11.1 Å². The molecule has 0 fully saturated rings. The molecule has 0 saturated heterocycles. The third-order valence-electron chi connectivity index (χ3n) is 5.29. The molecule has 0 spiro atoms. The molecular formula is C25H22N4. The predicted molar refractivity (Wildman–Crippen MR) is 118 cm³/mol. The Balaban J connectivity index is 1.79. The van der Waals surface area contributed by atoms with Crippen LogP contribution in [0.4, 0.5) is 0 Å². The Morgan fingerprint density at radius 1 is 0.690 bits per heavy atom. The molecule has 2 aromatic heterocycles. The highest BCUT2D eigenvalue weighted by molar-refractivity contribution is 5.87. The maximum atomic E-state index is 4.90. The van der Waals surface area contributed by atoms with Crippen LogP contribution in [-0.4, -0.2) is 19.6 Å². The van der Waals surface area contributed by atoms with Crippen LogP contribution in [0.5, 0.6) is 0 Å². The number of nitrogens with zero attached hydrogens (tertiary/aromatic N) is 4. The van der Waals surface area contributed by atoms with Gasteiger partial charge in [-0.05, 0) is 23.1 Å². The average Bonchev–Trinajstić information content (AvgIpc) is 3.19. The van der Waals surface area contributed by atoms with E-state index in [0.717, 1.165) is 39.3 Å². The summed E-state index contributed by atoms with van der Waals surface area (Å²) in [6.45, 7) is 6.67. The number of aromatic nitrogens is 4. The summed E-state index contributed by atoms with van der Waals surface area (Å²) in [6.07, 6.45) is 0. The van der Waals surface area contributed by atoms with Gasteiger partial charge in [-0.15, -0.1) is 10.2 Å². The van der Waals surface area contributed by atoms with E-state index in [0.29, 0.717) is 0 Å². The predicted octanol–water partition coefficient (Wildman–Crippen LogP) is 5.91. The van der Waals surface area contributed by atoms with E-state index in [2.05, 4.69) is 77.8 Å². The molecule has 4 heteroatoms. The van der Waals surface area contributed by atoms with Crippen molar-refractivity contribution in [3.63, 3.8) is 0 Å². The van der Waals surface area contributed by atoms with Gasteiger partial charge >= 0.3 is 0 Å². The number of rotatable bonds is 2. The van der Waals surface area contributed by atoms with Crippen molar-refractivity contribution in [1.29, 1.82) is 0 Å². The van der Waals surface area contributed by atoms with E-state index in [-0.39, 0.29) is 5.41 Å². The molecule has 5 aromatic rings. The topological polar surface area (TPSA) is 43.1 Å². The van der Waals surface area contributed by atoms with Crippen LogP contribution in [0.25, 0.3) is 39.3 Å². The summed E-state index contributed by atoms with van der Waals surface area (Å²) < 4.78 is 2.12. The summed E-state index contributed by atoms with van der Waals surface area (Å²) in [4.78, 5) is 4.90. The maximum Gasteiger partial charge on any atom is 0.188 e. The van der Waals surface area contributed by atoms with E-state index in [1.807, 2.05) is 36.4 Å². The highest BCUT2D eigenvalue weighted by Crippen LogP contribution is 2.30. The standard InChI is InChI=1S/C25H22N4/c1-25(2,3)19-15-13-18(14-16-19)23-27-28-24-22(17-9-5-4-6-10-17)26-20-11-7-8-12-21(20)29(23)24/h4-16H,1-3H3. The molecule has 0 bridgehead atoms. The van der Waals surface area contributed by atoms with E-state index in [9.17, 15) is 0 Å². The van der Waals surface area contributed by atoms with Crippen LogP contribution in [0.2, 0.25) is 0 Å². The Bertz CT molecular complexity index is 1310. The second kappa shape index (κ2) is 6.52. The number of para-hydroxylation sites is 2. The first kappa shape index (κ1) is 17.6. The fourth-order valence-electron chi connectivity index (χ4n) is 3.68. The number of benzene rings is 3. The molecule has 0 saturated carbocycles. The van der Waals surface area contributed by atoms with Gasteiger partial charge in [-0.2, -0.15) is 0 Å². The van der Waals surface area contributed by atoms with Crippen LogP contribution < -0.4 is 0 Å². The lowest BCUT2D eigenvalue weighted by Gasteiger charge is -2.19. The van der Waals surface area contributed by atoms with Crippen molar-refractivity contribution in [2.24, 2.45) is 0 Å². The quantitative estimate of drug-likeness (QED) is 0.383. The summed E-state index contributed by atoms with van der Waals surface area (Å²) >= 11 is 0. The fraction of sp³-hybridized carbons (Fsp3) is 0.160. The molecule has 3 aromatic carbocycles. The lowest BCUT2D eigenvalue weighted by Crippen LogP contribution is -2.10. The Labute approximate surface area is 169 Å². The molecule has 142 valence electrons. The second-order valence-electron chi connectivity index (χ2n) is 8.33. The van der Waals surface area contributed by atoms with Crippen molar-refractivity contribution < 1.29 is 0 Å². The van der Waals surface area contributed by atoms with Gasteiger partial charge in [-0.3, -0.25) is 4.40 Å². The molecule has 29 heavy (non-hydrogen) atoms. The smallest absolute Gasteiger partial charge is 0.188 e. The number of fused-ring (bicyclic) bond motifs is 3. The highest BCUT2D eigenvalue weighted by Gasteiger charge is 2.18. The van der Waals surface area contributed by atoms with E-state index < -0.39 is 0 Å². The molecule has 0 amide bonds. The minimum Gasteiger partial charge on any atom is -0.271 e. The third-order valence-corrected chi connectivity index (χ3v) is 5.29. The normalized spacial score (nSPS) is 12.0. The zero-order valence-electron chi connectivity index (χ0n) is 16.8. The van der Waals surface area contributed by atoms with Crippen molar-refractivity contribution >= 4 is 16.7 Å².